The van der Waals surface area contributed by atoms with Crippen molar-refractivity contribution in [1.29, 1.82) is 0 Å². The molecule has 1 heterocycles. The summed E-state index contributed by atoms with van der Waals surface area (Å²) in [5.41, 5.74) is 5.11. The van der Waals surface area contributed by atoms with Gasteiger partial charge in [0.2, 0.25) is 0 Å². The molecule has 6 N–H and O–H groups in total. The molecule has 78 valence electrons. The molecular weight excluding hydrogens is 185 g/mol. The second-order valence-electron chi connectivity index (χ2n) is 2.95. The van der Waals surface area contributed by atoms with Crippen molar-refractivity contribution in [2.75, 3.05) is 6.61 Å². The molecular formula is C6H12FNO5. The van der Waals surface area contributed by atoms with Gasteiger partial charge in [-0.3, -0.25) is 0 Å². The Morgan fingerprint density at radius 3 is 2.46 bits per heavy atom. The van der Waals surface area contributed by atoms with Gasteiger partial charge in [0.1, 0.15) is 12.2 Å². The largest absolute Gasteiger partial charge is 0.393 e. The zero-order valence-electron chi connectivity index (χ0n) is 6.67. The second kappa shape index (κ2) is 3.45. The lowest BCUT2D eigenvalue weighted by Crippen LogP contribution is -2.67. The molecule has 1 unspecified atom stereocenters. The van der Waals surface area contributed by atoms with E-state index in [1.807, 2.05) is 0 Å². The molecule has 6 nitrogen and oxygen atoms in total. The van der Waals surface area contributed by atoms with Gasteiger partial charge in [-0.15, -0.1) is 0 Å². The molecule has 0 aromatic rings. The van der Waals surface area contributed by atoms with Crippen LogP contribution in [-0.2, 0) is 4.74 Å². The highest BCUT2D eigenvalue weighted by Gasteiger charge is 2.54. The number of ether oxygens (including phenoxy) is 1. The first-order valence-corrected chi connectivity index (χ1v) is 3.70. The Labute approximate surface area is 73.4 Å². The van der Waals surface area contributed by atoms with Gasteiger partial charge in [0, 0.05) is 0 Å². The molecule has 1 saturated heterocycles. The van der Waals surface area contributed by atoms with Gasteiger partial charge in [-0.05, 0) is 0 Å². The summed E-state index contributed by atoms with van der Waals surface area (Å²) in [6.45, 7) is -0.867. The van der Waals surface area contributed by atoms with Gasteiger partial charge in [0.25, 0.3) is 5.85 Å². The maximum Gasteiger partial charge on any atom is 0.263 e. The van der Waals surface area contributed by atoms with Gasteiger partial charge in [0.05, 0.1) is 12.6 Å². The van der Waals surface area contributed by atoms with Crippen molar-refractivity contribution in [3.8, 4) is 0 Å². The lowest BCUT2D eigenvalue weighted by molar-refractivity contribution is -0.330. The van der Waals surface area contributed by atoms with Crippen LogP contribution in [0, 0.1) is 0 Å². The first-order valence-electron chi connectivity index (χ1n) is 3.70. The average Bonchev–Trinajstić information content (AvgIpc) is 2.08. The van der Waals surface area contributed by atoms with E-state index in [-0.39, 0.29) is 0 Å². The van der Waals surface area contributed by atoms with Crippen molar-refractivity contribution >= 4 is 0 Å². The Bertz CT molecular complexity index is 186. The molecule has 13 heavy (non-hydrogen) atoms. The number of hydrogen-bond donors (Lipinski definition) is 5. The summed E-state index contributed by atoms with van der Waals surface area (Å²) in [5.74, 6) is -3.15. The van der Waals surface area contributed by atoms with Crippen LogP contribution in [-0.4, -0.2) is 57.4 Å². The highest BCUT2D eigenvalue weighted by atomic mass is 19.2. The molecule has 1 aliphatic rings. The SMILES string of the molecule is N[C@H]1C(O)O[C@H](CO)[C@](O)(F)[C@@H]1O. The number of aliphatic hydroxyl groups is 4. The van der Waals surface area contributed by atoms with Crippen LogP contribution in [0.2, 0.25) is 0 Å². The van der Waals surface area contributed by atoms with Crippen molar-refractivity contribution in [2.45, 2.75) is 30.4 Å². The van der Waals surface area contributed by atoms with E-state index in [1.54, 1.807) is 0 Å². The van der Waals surface area contributed by atoms with Crippen LogP contribution < -0.4 is 5.73 Å². The Balaban J connectivity index is 2.82. The van der Waals surface area contributed by atoms with Gasteiger partial charge >= 0.3 is 0 Å². The standard InChI is InChI=1S/C6H12FNO5/c7-6(12)2(1-9)13-5(11)3(8)4(6)10/h2-5,9-12H,1,8H2/t2-,3-,4-,5?,6-/m1/s1. The third-order valence-electron chi connectivity index (χ3n) is 2.03. The molecule has 0 radical (unpaired) electrons. The molecule has 0 aromatic carbocycles. The van der Waals surface area contributed by atoms with Crippen LogP contribution in [0.1, 0.15) is 0 Å². The lowest BCUT2D eigenvalue weighted by atomic mass is 9.95. The summed E-state index contributed by atoms with van der Waals surface area (Å²) in [5, 5.41) is 35.6. The third kappa shape index (κ3) is 1.66. The molecule has 1 fully saturated rings. The predicted octanol–water partition coefficient (Wildman–Crippen LogP) is -2.96. The van der Waals surface area contributed by atoms with Crippen LogP contribution in [0.5, 0.6) is 0 Å². The second-order valence-corrected chi connectivity index (χ2v) is 2.95. The Morgan fingerprint density at radius 2 is 2.00 bits per heavy atom. The van der Waals surface area contributed by atoms with E-state index in [4.69, 9.17) is 26.2 Å². The van der Waals surface area contributed by atoms with Crippen LogP contribution in [0.15, 0.2) is 0 Å². The summed E-state index contributed by atoms with van der Waals surface area (Å²) in [4.78, 5) is 0. The van der Waals surface area contributed by atoms with Crippen LogP contribution in [0.3, 0.4) is 0 Å². The fourth-order valence-corrected chi connectivity index (χ4v) is 1.14. The Morgan fingerprint density at radius 1 is 1.46 bits per heavy atom. The molecule has 7 heteroatoms. The van der Waals surface area contributed by atoms with E-state index in [1.165, 1.54) is 0 Å². The number of halogens is 1. The zero-order valence-corrected chi connectivity index (χ0v) is 6.67. The van der Waals surface area contributed by atoms with Crippen LogP contribution >= 0.6 is 0 Å². The molecule has 0 saturated carbocycles. The summed E-state index contributed by atoms with van der Waals surface area (Å²) in [7, 11) is 0. The van der Waals surface area contributed by atoms with Gasteiger partial charge in [0.15, 0.2) is 6.29 Å². The fraction of sp³-hybridized carbons (Fsp3) is 1.00. The normalized spacial score (nSPS) is 52.2. The van der Waals surface area contributed by atoms with E-state index in [9.17, 15) is 4.39 Å². The minimum atomic E-state index is -3.15. The van der Waals surface area contributed by atoms with Gasteiger partial charge < -0.3 is 30.9 Å². The number of alkyl halides is 1. The summed E-state index contributed by atoms with van der Waals surface area (Å²) in [6, 6.07) is -1.45. The molecule has 0 bridgehead atoms. The van der Waals surface area contributed by atoms with Crippen LogP contribution in [0.4, 0.5) is 4.39 Å². The molecule has 1 aliphatic heterocycles. The van der Waals surface area contributed by atoms with Gasteiger partial charge in [-0.25, -0.2) is 4.39 Å². The molecule has 0 aliphatic carbocycles. The van der Waals surface area contributed by atoms with Crippen molar-refractivity contribution in [3.05, 3.63) is 0 Å². The quantitative estimate of drug-likeness (QED) is 0.307. The monoisotopic (exact) mass is 197 g/mol. The maximum absolute atomic E-state index is 13.2. The van der Waals surface area contributed by atoms with E-state index < -0.39 is 37.0 Å². The highest BCUT2D eigenvalue weighted by molar-refractivity contribution is 4.96. The average molecular weight is 197 g/mol. The van der Waals surface area contributed by atoms with Gasteiger partial charge in [-0.2, -0.15) is 0 Å². The minimum Gasteiger partial charge on any atom is -0.393 e. The molecule has 0 spiro atoms. The van der Waals surface area contributed by atoms with Crippen molar-refractivity contribution < 1.29 is 29.6 Å². The number of aliphatic hydroxyl groups excluding tert-OH is 3. The summed E-state index contributed by atoms with van der Waals surface area (Å²) in [6.07, 6.45) is -5.30. The Hall–Kier alpha value is -0.310. The van der Waals surface area contributed by atoms with Crippen molar-refractivity contribution in [3.63, 3.8) is 0 Å². The molecule has 0 amide bonds. The highest BCUT2D eigenvalue weighted by Crippen LogP contribution is 2.29. The Kier molecular flexibility index (Phi) is 2.85. The summed E-state index contributed by atoms with van der Waals surface area (Å²) < 4.78 is 17.6. The smallest absolute Gasteiger partial charge is 0.263 e. The van der Waals surface area contributed by atoms with E-state index >= 15 is 0 Å². The zero-order chi connectivity index (χ0) is 10.2. The van der Waals surface area contributed by atoms with E-state index in [0.717, 1.165) is 0 Å². The van der Waals surface area contributed by atoms with Crippen molar-refractivity contribution in [1.82, 2.24) is 0 Å². The maximum atomic E-state index is 13.2. The molecule has 1 rings (SSSR count). The van der Waals surface area contributed by atoms with Gasteiger partial charge in [-0.1, -0.05) is 0 Å². The first kappa shape index (κ1) is 10.8. The van der Waals surface area contributed by atoms with Crippen molar-refractivity contribution in [2.24, 2.45) is 5.73 Å². The lowest BCUT2D eigenvalue weighted by Gasteiger charge is -2.41. The topological polar surface area (TPSA) is 116 Å². The van der Waals surface area contributed by atoms with E-state index in [2.05, 4.69) is 4.74 Å². The summed E-state index contributed by atoms with van der Waals surface area (Å²) >= 11 is 0. The minimum absolute atomic E-state index is 0.867. The predicted molar refractivity (Wildman–Crippen MR) is 38.0 cm³/mol. The van der Waals surface area contributed by atoms with E-state index in [0.29, 0.717) is 0 Å². The molecule has 5 atom stereocenters. The number of nitrogens with two attached hydrogens (primary N) is 1. The fourth-order valence-electron chi connectivity index (χ4n) is 1.14. The number of rotatable bonds is 1. The van der Waals surface area contributed by atoms with Crippen LogP contribution in [0.25, 0.3) is 0 Å². The molecule has 0 aromatic heterocycles. The number of hydrogen-bond acceptors (Lipinski definition) is 6. The first-order chi connectivity index (χ1) is 5.91. The third-order valence-corrected chi connectivity index (χ3v) is 2.03.